The SMILES string of the molecule is NCc1cnc(-c2ccncn2)[nH]1. The van der Waals surface area contributed by atoms with Gasteiger partial charge in [-0.15, -0.1) is 0 Å². The van der Waals surface area contributed by atoms with Crippen LogP contribution in [0.3, 0.4) is 0 Å². The maximum atomic E-state index is 5.44. The zero-order valence-electron chi connectivity index (χ0n) is 6.94. The third-order valence-electron chi connectivity index (χ3n) is 1.67. The van der Waals surface area contributed by atoms with E-state index in [0.29, 0.717) is 6.54 Å². The van der Waals surface area contributed by atoms with E-state index in [0.717, 1.165) is 17.2 Å². The molecule has 13 heavy (non-hydrogen) atoms. The summed E-state index contributed by atoms with van der Waals surface area (Å²) in [6.45, 7) is 0.456. The Morgan fingerprint density at radius 3 is 2.92 bits per heavy atom. The molecule has 0 aliphatic carbocycles. The van der Waals surface area contributed by atoms with E-state index >= 15 is 0 Å². The number of rotatable bonds is 2. The molecule has 0 aromatic carbocycles. The summed E-state index contributed by atoms with van der Waals surface area (Å²) in [5.74, 6) is 0.725. The Kier molecular flexibility index (Phi) is 2.01. The quantitative estimate of drug-likeness (QED) is 0.689. The highest BCUT2D eigenvalue weighted by Crippen LogP contribution is 2.10. The molecule has 0 unspecified atom stereocenters. The van der Waals surface area contributed by atoms with Gasteiger partial charge in [-0.05, 0) is 6.07 Å². The molecule has 0 fully saturated rings. The van der Waals surface area contributed by atoms with Gasteiger partial charge in [-0.25, -0.2) is 15.0 Å². The summed E-state index contributed by atoms with van der Waals surface area (Å²) in [5.41, 5.74) is 7.11. The van der Waals surface area contributed by atoms with Crippen molar-refractivity contribution in [1.29, 1.82) is 0 Å². The fraction of sp³-hybridized carbons (Fsp3) is 0.125. The van der Waals surface area contributed by atoms with Crippen LogP contribution in [0.15, 0.2) is 24.8 Å². The fourth-order valence-corrected chi connectivity index (χ4v) is 1.02. The van der Waals surface area contributed by atoms with E-state index < -0.39 is 0 Å². The van der Waals surface area contributed by atoms with Crippen LogP contribution in [0.1, 0.15) is 5.69 Å². The Morgan fingerprint density at radius 2 is 2.31 bits per heavy atom. The number of nitrogens with one attached hydrogen (secondary N) is 1. The van der Waals surface area contributed by atoms with Gasteiger partial charge in [0.25, 0.3) is 0 Å². The van der Waals surface area contributed by atoms with Gasteiger partial charge < -0.3 is 10.7 Å². The highest BCUT2D eigenvalue weighted by atomic mass is 15.0. The van der Waals surface area contributed by atoms with E-state index in [1.807, 2.05) is 0 Å². The molecule has 0 aliphatic rings. The van der Waals surface area contributed by atoms with Crippen LogP contribution in [0.2, 0.25) is 0 Å². The van der Waals surface area contributed by atoms with Crippen molar-refractivity contribution in [2.45, 2.75) is 6.54 Å². The van der Waals surface area contributed by atoms with Crippen molar-refractivity contribution in [3.63, 3.8) is 0 Å². The summed E-state index contributed by atoms with van der Waals surface area (Å²) in [5, 5.41) is 0. The maximum Gasteiger partial charge on any atom is 0.156 e. The van der Waals surface area contributed by atoms with Crippen molar-refractivity contribution in [3.05, 3.63) is 30.5 Å². The van der Waals surface area contributed by atoms with Crippen molar-refractivity contribution in [3.8, 4) is 11.5 Å². The molecule has 2 rings (SSSR count). The number of hydrogen-bond acceptors (Lipinski definition) is 4. The molecule has 5 nitrogen and oxygen atoms in total. The third-order valence-corrected chi connectivity index (χ3v) is 1.67. The van der Waals surface area contributed by atoms with E-state index in [4.69, 9.17) is 5.73 Å². The zero-order valence-corrected chi connectivity index (χ0v) is 6.94. The first kappa shape index (κ1) is 7.88. The standard InChI is InChI=1S/C8H9N5/c9-3-6-4-11-8(13-6)7-1-2-10-5-12-7/h1-2,4-5H,3,9H2,(H,11,13). The van der Waals surface area contributed by atoms with Gasteiger partial charge in [0.05, 0.1) is 0 Å². The molecular weight excluding hydrogens is 166 g/mol. The maximum absolute atomic E-state index is 5.44. The number of nitrogens with two attached hydrogens (primary N) is 1. The minimum absolute atomic E-state index is 0.456. The molecule has 0 radical (unpaired) electrons. The van der Waals surface area contributed by atoms with E-state index in [2.05, 4.69) is 19.9 Å². The van der Waals surface area contributed by atoms with E-state index in [9.17, 15) is 0 Å². The topological polar surface area (TPSA) is 80.5 Å². The van der Waals surface area contributed by atoms with Gasteiger partial charge in [0.15, 0.2) is 5.82 Å². The smallest absolute Gasteiger partial charge is 0.156 e. The number of imidazole rings is 1. The minimum atomic E-state index is 0.456. The average molecular weight is 175 g/mol. The Morgan fingerprint density at radius 1 is 1.38 bits per heavy atom. The molecular formula is C8H9N5. The fourth-order valence-electron chi connectivity index (χ4n) is 1.02. The molecule has 0 saturated carbocycles. The van der Waals surface area contributed by atoms with Crippen LogP contribution < -0.4 is 5.73 Å². The summed E-state index contributed by atoms with van der Waals surface area (Å²) in [7, 11) is 0. The Hall–Kier alpha value is -1.75. The Labute approximate surface area is 75.1 Å². The lowest BCUT2D eigenvalue weighted by molar-refractivity contribution is 1.01. The van der Waals surface area contributed by atoms with E-state index in [-0.39, 0.29) is 0 Å². The molecule has 2 aromatic rings. The molecule has 0 spiro atoms. The first-order valence-corrected chi connectivity index (χ1v) is 3.90. The van der Waals surface area contributed by atoms with Crippen LogP contribution in [0.25, 0.3) is 11.5 Å². The molecule has 2 heterocycles. The molecule has 2 aromatic heterocycles. The minimum Gasteiger partial charge on any atom is -0.339 e. The predicted octanol–water partition coefficient (Wildman–Crippen LogP) is 0.325. The number of aromatic amines is 1. The summed E-state index contributed by atoms with van der Waals surface area (Å²) in [6.07, 6.45) is 4.87. The highest BCUT2D eigenvalue weighted by molar-refractivity contribution is 5.47. The van der Waals surface area contributed by atoms with Gasteiger partial charge in [-0.3, -0.25) is 0 Å². The molecule has 66 valence electrons. The van der Waals surface area contributed by atoms with Gasteiger partial charge in [-0.2, -0.15) is 0 Å². The summed E-state index contributed by atoms with van der Waals surface area (Å²) >= 11 is 0. The van der Waals surface area contributed by atoms with Gasteiger partial charge >= 0.3 is 0 Å². The predicted molar refractivity (Wildman–Crippen MR) is 47.5 cm³/mol. The van der Waals surface area contributed by atoms with Crippen LogP contribution in [0.4, 0.5) is 0 Å². The van der Waals surface area contributed by atoms with Gasteiger partial charge in [0, 0.05) is 24.6 Å². The van der Waals surface area contributed by atoms with Crippen LogP contribution >= 0.6 is 0 Å². The molecule has 3 N–H and O–H groups in total. The number of nitrogens with zero attached hydrogens (tertiary/aromatic N) is 3. The van der Waals surface area contributed by atoms with Gasteiger partial charge in [0.1, 0.15) is 12.0 Å². The Bertz CT molecular complexity index is 380. The molecule has 0 aliphatic heterocycles. The monoisotopic (exact) mass is 175 g/mol. The second kappa shape index (κ2) is 3.32. The van der Waals surface area contributed by atoms with Gasteiger partial charge in [0.2, 0.25) is 0 Å². The average Bonchev–Trinajstić information content (AvgIpc) is 2.67. The van der Waals surface area contributed by atoms with E-state index in [1.165, 1.54) is 6.33 Å². The molecule has 0 atom stereocenters. The normalized spacial score (nSPS) is 10.2. The molecule has 0 bridgehead atoms. The molecule has 0 amide bonds. The van der Waals surface area contributed by atoms with Crippen LogP contribution in [-0.4, -0.2) is 19.9 Å². The highest BCUT2D eigenvalue weighted by Gasteiger charge is 2.02. The molecule has 5 heteroatoms. The second-order valence-electron chi connectivity index (χ2n) is 2.56. The second-order valence-corrected chi connectivity index (χ2v) is 2.56. The van der Waals surface area contributed by atoms with Crippen molar-refractivity contribution in [2.75, 3.05) is 0 Å². The van der Waals surface area contributed by atoms with Crippen molar-refractivity contribution >= 4 is 0 Å². The van der Waals surface area contributed by atoms with Crippen molar-refractivity contribution in [2.24, 2.45) is 5.73 Å². The number of H-pyrrole nitrogens is 1. The summed E-state index contributed by atoms with van der Waals surface area (Å²) in [4.78, 5) is 15.1. The number of hydrogen-bond donors (Lipinski definition) is 2. The lowest BCUT2D eigenvalue weighted by atomic mass is 10.4. The van der Waals surface area contributed by atoms with Crippen LogP contribution in [0, 0.1) is 0 Å². The molecule has 0 saturated heterocycles. The lowest BCUT2D eigenvalue weighted by Crippen LogP contribution is -1.95. The largest absolute Gasteiger partial charge is 0.339 e. The third kappa shape index (κ3) is 1.54. The van der Waals surface area contributed by atoms with Crippen LogP contribution in [-0.2, 0) is 6.54 Å². The first-order chi connectivity index (χ1) is 6.40. The van der Waals surface area contributed by atoms with Crippen molar-refractivity contribution in [1.82, 2.24) is 19.9 Å². The van der Waals surface area contributed by atoms with Crippen molar-refractivity contribution < 1.29 is 0 Å². The van der Waals surface area contributed by atoms with E-state index in [1.54, 1.807) is 18.5 Å². The van der Waals surface area contributed by atoms with Gasteiger partial charge in [-0.1, -0.05) is 0 Å². The summed E-state index contributed by atoms with van der Waals surface area (Å²) < 4.78 is 0. The van der Waals surface area contributed by atoms with Crippen LogP contribution in [0.5, 0.6) is 0 Å². The first-order valence-electron chi connectivity index (χ1n) is 3.90. The zero-order chi connectivity index (χ0) is 9.10. The lowest BCUT2D eigenvalue weighted by Gasteiger charge is -1.92. The Balaban J connectivity index is 2.36. The number of aromatic nitrogens is 4. The summed E-state index contributed by atoms with van der Waals surface area (Å²) in [6, 6.07) is 1.79.